The number of H-pyrrole nitrogens is 1. The first-order valence-electron chi connectivity index (χ1n) is 9.81. The van der Waals surface area contributed by atoms with E-state index in [-0.39, 0.29) is 11.6 Å². The summed E-state index contributed by atoms with van der Waals surface area (Å²) < 4.78 is 28.6. The van der Waals surface area contributed by atoms with Crippen molar-refractivity contribution in [2.45, 2.75) is 13.0 Å². The quantitative estimate of drug-likeness (QED) is 0.408. The first-order chi connectivity index (χ1) is 15.1. The minimum Gasteiger partial charge on any atom is -0.385 e. The predicted molar refractivity (Wildman–Crippen MR) is 114 cm³/mol. The van der Waals surface area contributed by atoms with Gasteiger partial charge in [0.2, 0.25) is 0 Å². The number of hydrogen-bond donors (Lipinski definition) is 1. The molecule has 154 valence electrons. The smallest absolute Gasteiger partial charge is 0.181 e. The van der Waals surface area contributed by atoms with Crippen molar-refractivity contribution >= 4 is 11.0 Å². The molecule has 0 amide bonds. The molecule has 2 aromatic heterocycles. The van der Waals surface area contributed by atoms with E-state index < -0.39 is 6.10 Å². The summed E-state index contributed by atoms with van der Waals surface area (Å²) in [7, 11) is 0. The maximum Gasteiger partial charge on any atom is 0.181 e. The van der Waals surface area contributed by atoms with Crippen LogP contribution in [0.4, 0.5) is 8.78 Å². The molecule has 0 bridgehead atoms. The van der Waals surface area contributed by atoms with Gasteiger partial charge in [0.05, 0.1) is 17.2 Å². The first kappa shape index (κ1) is 19.0. The zero-order chi connectivity index (χ0) is 21.4. The van der Waals surface area contributed by atoms with Gasteiger partial charge in [-0.05, 0) is 37.3 Å². The van der Waals surface area contributed by atoms with Gasteiger partial charge in [-0.1, -0.05) is 47.3 Å². The van der Waals surface area contributed by atoms with Crippen LogP contribution < -0.4 is 4.84 Å². The molecule has 0 saturated heterocycles. The monoisotopic (exact) mass is 416 g/mol. The Morgan fingerprint density at radius 1 is 0.839 bits per heavy atom. The van der Waals surface area contributed by atoms with Crippen LogP contribution in [-0.2, 0) is 0 Å². The van der Waals surface area contributed by atoms with Gasteiger partial charge < -0.3 is 9.82 Å². The maximum absolute atomic E-state index is 14.4. The fraction of sp³-hybridized carbons (Fsp3) is 0.0833. The third kappa shape index (κ3) is 3.44. The van der Waals surface area contributed by atoms with E-state index in [1.807, 2.05) is 25.1 Å². The highest BCUT2D eigenvalue weighted by molar-refractivity contribution is 5.92. The molecule has 2 heterocycles. The van der Waals surface area contributed by atoms with Crippen LogP contribution in [0.2, 0.25) is 0 Å². The van der Waals surface area contributed by atoms with E-state index in [0.29, 0.717) is 33.7 Å². The van der Waals surface area contributed by atoms with Crippen molar-refractivity contribution in [2.75, 3.05) is 0 Å². The molecular weight excluding hydrogens is 398 g/mol. The molecule has 5 aromatic rings. The first-order valence-corrected chi connectivity index (χ1v) is 9.81. The Morgan fingerprint density at radius 2 is 1.52 bits per heavy atom. The molecule has 1 unspecified atom stereocenters. The number of para-hydroxylation sites is 1. The number of benzene rings is 3. The SMILES string of the molecule is CC(On1nccc1-c1ccccc1F)c1nc2c(-c3ccccc3F)cccc2[nH]1. The van der Waals surface area contributed by atoms with Crippen molar-refractivity contribution in [1.82, 2.24) is 19.9 Å². The number of hydrogen-bond acceptors (Lipinski definition) is 3. The zero-order valence-electron chi connectivity index (χ0n) is 16.6. The lowest BCUT2D eigenvalue weighted by molar-refractivity contribution is 0.0234. The van der Waals surface area contributed by atoms with Crippen LogP contribution in [0, 0.1) is 11.6 Å². The molecule has 0 saturated carbocycles. The van der Waals surface area contributed by atoms with Crippen molar-refractivity contribution < 1.29 is 13.6 Å². The third-order valence-electron chi connectivity index (χ3n) is 5.10. The van der Waals surface area contributed by atoms with Crippen molar-refractivity contribution in [3.05, 3.63) is 96.5 Å². The molecule has 5 rings (SSSR count). The van der Waals surface area contributed by atoms with Crippen LogP contribution in [-0.4, -0.2) is 19.9 Å². The second-order valence-corrected chi connectivity index (χ2v) is 7.12. The van der Waals surface area contributed by atoms with E-state index >= 15 is 0 Å². The molecule has 0 aliphatic rings. The third-order valence-corrected chi connectivity index (χ3v) is 5.10. The number of rotatable bonds is 5. The number of halogens is 2. The molecule has 5 nitrogen and oxygen atoms in total. The highest BCUT2D eigenvalue weighted by atomic mass is 19.1. The topological polar surface area (TPSA) is 55.7 Å². The fourth-order valence-corrected chi connectivity index (χ4v) is 3.58. The van der Waals surface area contributed by atoms with Crippen LogP contribution in [0.15, 0.2) is 79.0 Å². The van der Waals surface area contributed by atoms with Crippen LogP contribution in [0.25, 0.3) is 33.4 Å². The van der Waals surface area contributed by atoms with Gasteiger partial charge in [-0.2, -0.15) is 0 Å². The summed E-state index contributed by atoms with van der Waals surface area (Å²) in [5, 5.41) is 4.17. The molecular formula is C24H18F2N4O. The van der Waals surface area contributed by atoms with Gasteiger partial charge in [0.15, 0.2) is 11.9 Å². The number of aromatic nitrogens is 4. The Hall–Kier alpha value is -4.00. The van der Waals surface area contributed by atoms with E-state index in [1.165, 1.54) is 17.0 Å². The van der Waals surface area contributed by atoms with E-state index in [0.717, 1.165) is 5.52 Å². The van der Waals surface area contributed by atoms with E-state index in [2.05, 4.69) is 15.1 Å². The number of nitrogens with zero attached hydrogens (tertiary/aromatic N) is 3. The summed E-state index contributed by atoms with van der Waals surface area (Å²) in [5.41, 5.74) is 3.46. The summed E-state index contributed by atoms with van der Waals surface area (Å²) in [5.74, 6) is -0.123. The van der Waals surface area contributed by atoms with Gasteiger partial charge in [0.1, 0.15) is 17.3 Å². The normalized spacial score (nSPS) is 12.2. The van der Waals surface area contributed by atoms with Crippen LogP contribution >= 0.6 is 0 Å². The lowest BCUT2D eigenvalue weighted by Crippen LogP contribution is -2.19. The summed E-state index contributed by atoms with van der Waals surface area (Å²) in [4.78, 5) is 15.1. The van der Waals surface area contributed by atoms with Crippen LogP contribution in [0.3, 0.4) is 0 Å². The Bertz CT molecular complexity index is 1380. The number of imidazole rings is 1. The maximum atomic E-state index is 14.4. The van der Waals surface area contributed by atoms with E-state index in [4.69, 9.17) is 4.84 Å². The second-order valence-electron chi connectivity index (χ2n) is 7.12. The summed E-state index contributed by atoms with van der Waals surface area (Å²) in [6.45, 7) is 1.81. The Labute approximate surface area is 176 Å². The minimum atomic E-state index is -0.522. The minimum absolute atomic E-state index is 0.310. The molecule has 0 aliphatic carbocycles. The average molecular weight is 416 g/mol. The van der Waals surface area contributed by atoms with E-state index in [9.17, 15) is 8.78 Å². The largest absolute Gasteiger partial charge is 0.385 e. The molecule has 1 atom stereocenters. The van der Waals surface area contributed by atoms with Gasteiger partial charge in [-0.15, -0.1) is 5.10 Å². The van der Waals surface area contributed by atoms with Gasteiger partial charge in [0.25, 0.3) is 0 Å². The standard InChI is InChI=1S/C24H18F2N4O/c1-15(31-30-22(13-14-27-30)18-8-3-5-11-20(18)26)24-28-21-12-6-9-17(23(21)29-24)16-7-2-4-10-19(16)25/h2-15H,1H3,(H,28,29). The highest BCUT2D eigenvalue weighted by Gasteiger charge is 2.19. The van der Waals surface area contributed by atoms with Crippen LogP contribution in [0.5, 0.6) is 0 Å². The fourth-order valence-electron chi connectivity index (χ4n) is 3.58. The van der Waals surface area contributed by atoms with Crippen molar-refractivity contribution in [1.29, 1.82) is 0 Å². The summed E-state index contributed by atoms with van der Waals surface area (Å²) >= 11 is 0. The summed E-state index contributed by atoms with van der Waals surface area (Å²) in [6, 6.07) is 20.3. The van der Waals surface area contributed by atoms with Crippen molar-refractivity contribution in [2.24, 2.45) is 0 Å². The predicted octanol–water partition coefficient (Wildman–Crippen LogP) is 5.56. The van der Waals surface area contributed by atoms with Gasteiger partial charge in [0, 0.05) is 16.7 Å². The van der Waals surface area contributed by atoms with Gasteiger partial charge in [-0.3, -0.25) is 0 Å². The van der Waals surface area contributed by atoms with Crippen molar-refractivity contribution in [3.63, 3.8) is 0 Å². The van der Waals surface area contributed by atoms with Crippen molar-refractivity contribution in [3.8, 4) is 22.4 Å². The number of fused-ring (bicyclic) bond motifs is 1. The summed E-state index contributed by atoms with van der Waals surface area (Å²) in [6.07, 6.45) is 1.02. The molecule has 7 heteroatoms. The zero-order valence-corrected chi connectivity index (χ0v) is 16.6. The van der Waals surface area contributed by atoms with E-state index in [1.54, 1.807) is 48.7 Å². The Kier molecular flexibility index (Phi) is 4.71. The highest BCUT2D eigenvalue weighted by Crippen LogP contribution is 2.30. The van der Waals surface area contributed by atoms with Crippen LogP contribution in [0.1, 0.15) is 18.9 Å². The molecule has 0 fully saturated rings. The average Bonchev–Trinajstić information content (AvgIpc) is 3.41. The Balaban J connectivity index is 1.49. The molecule has 1 N–H and O–H groups in total. The molecule has 0 aliphatic heterocycles. The number of aromatic amines is 1. The molecule has 0 radical (unpaired) electrons. The molecule has 3 aromatic carbocycles. The molecule has 0 spiro atoms. The Morgan fingerprint density at radius 3 is 2.26 bits per heavy atom. The number of nitrogens with one attached hydrogen (secondary N) is 1. The second kappa shape index (κ2) is 7.68. The molecule has 31 heavy (non-hydrogen) atoms. The van der Waals surface area contributed by atoms with Gasteiger partial charge in [-0.25, -0.2) is 13.8 Å². The van der Waals surface area contributed by atoms with Gasteiger partial charge >= 0.3 is 0 Å². The lowest BCUT2D eigenvalue weighted by atomic mass is 10.0. The lowest BCUT2D eigenvalue weighted by Gasteiger charge is -2.14.